The number of methoxy groups -OCH3 is 1. The molecule has 0 aromatic carbocycles. The maximum absolute atomic E-state index is 9.80. The van der Waals surface area contributed by atoms with Crippen molar-refractivity contribution in [3.05, 3.63) is 12.4 Å². The van der Waals surface area contributed by atoms with E-state index in [0.717, 1.165) is 44.0 Å². The van der Waals surface area contributed by atoms with Crippen LogP contribution >= 0.6 is 0 Å². The molecule has 1 saturated heterocycles. The molecule has 2 rings (SSSR count). The van der Waals surface area contributed by atoms with Crippen molar-refractivity contribution in [3.8, 4) is 0 Å². The molecule has 2 heterocycles. The molecule has 0 radical (unpaired) electrons. The van der Waals surface area contributed by atoms with Gasteiger partial charge < -0.3 is 19.6 Å². The van der Waals surface area contributed by atoms with Crippen LogP contribution in [0.2, 0.25) is 0 Å². The number of β-amino-alcohol motifs (C(OH)–C–C–N with tert-alkyl or cyclic N) is 1. The zero-order chi connectivity index (χ0) is 15.2. The maximum Gasteiger partial charge on any atom is 0.134 e. The zero-order valence-corrected chi connectivity index (χ0v) is 13.2. The summed E-state index contributed by atoms with van der Waals surface area (Å²) in [4.78, 5) is 13.0. The molecule has 21 heavy (non-hydrogen) atoms. The second kappa shape index (κ2) is 7.56. The Bertz CT molecular complexity index is 443. The summed E-state index contributed by atoms with van der Waals surface area (Å²) in [6.45, 7) is 4.49. The summed E-state index contributed by atoms with van der Waals surface area (Å²) >= 11 is 0. The number of ether oxygens (including phenoxy) is 1. The average Bonchev–Trinajstić information content (AvgIpc) is 2.52. The van der Waals surface area contributed by atoms with E-state index in [2.05, 4.69) is 26.7 Å². The number of hydrogen-bond donors (Lipinski definition) is 1. The van der Waals surface area contributed by atoms with Gasteiger partial charge in [-0.1, -0.05) is 0 Å². The minimum absolute atomic E-state index is 0.254. The van der Waals surface area contributed by atoms with Gasteiger partial charge in [-0.2, -0.15) is 0 Å². The molecule has 0 spiro atoms. The van der Waals surface area contributed by atoms with E-state index in [9.17, 15) is 5.11 Å². The molecule has 1 aromatic heterocycles. The Hall–Kier alpha value is -1.40. The highest BCUT2D eigenvalue weighted by Crippen LogP contribution is 2.22. The van der Waals surface area contributed by atoms with Gasteiger partial charge in [0.25, 0.3) is 0 Å². The second-order valence-corrected chi connectivity index (χ2v) is 5.72. The molecular formula is C15H26N4O2. The predicted molar refractivity (Wildman–Crippen MR) is 83.8 cm³/mol. The van der Waals surface area contributed by atoms with Gasteiger partial charge in [-0.05, 0) is 26.2 Å². The van der Waals surface area contributed by atoms with Crippen LogP contribution in [0, 0.1) is 0 Å². The SMILES string of the molecule is COCCC(C)N(C)c1cc(N2CCCC(O)C2)ncn1. The standard InChI is InChI=1S/C15H26N4O2/c1-12(6-8-21-3)18(2)14-9-15(17-11-16-14)19-7-4-5-13(20)10-19/h9,11-13,20H,4-8,10H2,1-3H3. The summed E-state index contributed by atoms with van der Waals surface area (Å²) in [5.74, 6) is 1.80. The zero-order valence-electron chi connectivity index (χ0n) is 13.2. The van der Waals surface area contributed by atoms with E-state index >= 15 is 0 Å². The highest BCUT2D eigenvalue weighted by atomic mass is 16.5. The molecule has 0 bridgehead atoms. The largest absolute Gasteiger partial charge is 0.391 e. The summed E-state index contributed by atoms with van der Waals surface area (Å²) in [5.41, 5.74) is 0. The van der Waals surface area contributed by atoms with Crippen LogP contribution in [-0.4, -0.2) is 61.1 Å². The third kappa shape index (κ3) is 4.28. The topological polar surface area (TPSA) is 61.7 Å². The smallest absolute Gasteiger partial charge is 0.134 e. The van der Waals surface area contributed by atoms with Gasteiger partial charge in [0.2, 0.25) is 0 Å². The van der Waals surface area contributed by atoms with Crippen molar-refractivity contribution >= 4 is 11.6 Å². The molecule has 1 aromatic rings. The van der Waals surface area contributed by atoms with E-state index in [1.165, 1.54) is 0 Å². The Balaban J connectivity index is 2.06. The van der Waals surface area contributed by atoms with Gasteiger partial charge in [-0.15, -0.1) is 0 Å². The summed E-state index contributed by atoms with van der Waals surface area (Å²) < 4.78 is 5.13. The fraction of sp³-hybridized carbons (Fsp3) is 0.733. The summed E-state index contributed by atoms with van der Waals surface area (Å²) in [7, 11) is 3.76. The molecule has 118 valence electrons. The lowest BCUT2D eigenvalue weighted by atomic mass is 10.1. The van der Waals surface area contributed by atoms with Crippen LogP contribution < -0.4 is 9.80 Å². The quantitative estimate of drug-likeness (QED) is 0.853. The predicted octanol–water partition coefficient (Wildman–Crippen LogP) is 1.30. The van der Waals surface area contributed by atoms with E-state index in [0.29, 0.717) is 12.6 Å². The van der Waals surface area contributed by atoms with Gasteiger partial charge in [-0.3, -0.25) is 0 Å². The minimum atomic E-state index is -0.254. The first-order chi connectivity index (χ1) is 10.1. The van der Waals surface area contributed by atoms with Crippen molar-refractivity contribution < 1.29 is 9.84 Å². The van der Waals surface area contributed by atoms with Gasteiger partial charge in [0.15, 0.2) is 0 Å². The normalized spacial score (nSPS) is 20.4. The number of aliphatic hydroxyl groups excluding tert-OH is 1. The fourth-order valence-electron chi connectivity index (χ4n) is 2.57. The van der Waals surface area contributed by atoms with Gasteiger partial charge in [0.05, 0.1) is 6.10 Å². The number of hydrogen-bond acceptors (Lipinski definition) is 6. The molecule has 0 saturated carbocycles. The third-order valence-electron chi connectivity index (χ3n) is 4.12. The highest BCUT2D eigenvalue weighted by molar-refractivity contribution is 5.50. The third-order valence-corrected chi connectivity index (χ3v) is 4.12. The van der Waals surface area contributed by atoms with Gasteiger partial charge >= 0.3 is 0 Å². The Kier molecular flexibility index (Phi) is 5.76. The molecule has 6 nitrogen and oxygen atoms in total. The Morgan fingerprint density at radius 3 is 3.05 bits per heavy atom. The van der Waals surface area contributed by atoms with E-state index in [1.54, 1.807) is 13.4 Å². The molecule has 1 N–H and O–H groups in total. The van der Waals surface area contributed by atoms with Crippen molar-refractivity contribution in [2.24, 2.45) is 0 Å². The Morgan fingerprint density at radius 2 is 2.33 bits per heavy atom. The van der Waals surface area contributed by atoms with E-state index in [1.807, 2.05) is 13.1 Å². The first kappa shape index (κ1) is 16.0. The van der Waals surface area contributed by atoms with Crippen LogP contribution in [0.15, 0.2) is 12.4 Å². The van der Waals surface area contributed by atoms with Crippen LogP contribution in [0.25, 0.3) is 0 Å². The molecule has 0 aliphatic carbocycles. The first-order valence-electron chi connectivity index (χ1n) is 7.58. The Labute approximate surface area is 126 Å². The maximum atomic E-state index is 9.80. The lowest BCUT2D eigenvalue weighted by Gasteiger charge is -2.32. The van der Waals surface area contributed by atoms with Gasteiger partial charge in [0, 0.05) is 46.0 Å². The van der Waals surface area contributed by atoms with Crippen molar-refractivity contribution in [1.29, 1.82) is 0 Å². The van der Waals surface area contributed by atoms with Crippen LogP contribution in [0.1, 0.15) is 26.2 Å². The van der Waals surface area contributed by atoms with E-state index < -0.39 is 0 Å². The van der Waals surface area contributed by atoms with Crippen molar-refractivity contribution in [2.45, 2.75) is 38.3 Å². The lowest BCUT2D eigenvalue weighted by molar-refractivity contribution is 0.154. The molecule has 0 amide bonds. The molecule has 1 aliphatic rings. The molecule has 2 unspecified atom stereocenters. The number of aromatic nitrogens is 2. The second-order valence-electron chi connectivity index (χ2n) is 5.72. The molecule has 1 aliphatic heterocycles. The fourth-order valence-corrected chi connectivity index (χ4v) is 2.57. The number of rotatable bonds is 6. The summed E-state index contributed by atoms with van der Waals surface area (Å²) in [5, 5.41) is 9.80. The lowest BCUT2D eigenvalue weighted by Crippen LogP contribution is -2.39. The number of anilines is 2. The van der Waals surface area contributed by atoms with Crippen LogP contribution in [0.5, 0.6) is 0 Å². The highest BCUT2D eigenvalue weighted by Gasteiger charge is 2.20. The van der Waals surface area contributed by atoms with E-state index in [4.69, 9.17) is 4.74 Å². The van der Waals surface area contributed by atoms with Crippen molar-refractivity contribution in [3.63, 3.8) is 0 Å². The van der Waals surface area contributed by atoms with Crippen molar-refractivity contribution in [1.82, 2.24) is 9.97 Å². The molecular weight excluding hydrogens is 268 g/mol. The number of piperidine rings is 1. The van der Waals surface area contributed by atoms with Gasteiger partial charge in [-0.25, -0.2) is 9.97 Å². The van der Waals surface area contributed by atoms with E-state index in [-0.39, 0.29) is 6.10 Å². The summed E-state index contributed by atoms with van der Waals surface area (Å²) in [6.07, 6.45) is 4.18. The number of aliphatic hydroxyl groups is 1. The minimum Gasteiger partial charge on any atom is -0.391 e. The Morgan fingerprint density at radius 1 is 1.52 bits per heavy atom. The van der Waals surface area contributed by atoms with Crippen LogP contribution in [-0.2, 0) is 4.74 Å². The monoisotopic (exact) mass is 294 g/mol. The van der Waals surface area contributed by atoms with Crippen molar-refractivity contribution in [2.75, 3.05) is 43.7 Å². The number of nitrogens with zero attached hydrogens (tertiary/aromatic N) is 4. The van der Waals surface area contributed by atoms with Gasteiger partial charge in [0.1, 0.15) is 18.0 Å². The molecule has 6 heteroatoms. The molecule has 1 fully saturated rings. The summed E-state index contributed by atoms with van der Waals surface area (Å²) in [6, 6.07) is 2.35. The first-order valence-corrected chi connectivity index (χ1v) is 7.58. The van der Waals surface area contributed by atoms with Crippen LogP contribution in [0.4, 0.5) is 11.6 Å². The molecule has 2 atom stereocenters. The average molecular weight is 294 g/mol. The van der Waals surface area contributed by atoms with Crippen LogP contribution in [0.3, 0.4) is 0 Å².